The Morgan fingerprint density at radius 3 is 2.27 bits per heavy atom. The molecule has 0 aliphatic heterocycles. The third kappa shape index (κ3) is 11.7. The second-order valence-electron chi connectivity index (χ2n) is 6.16. The van der Waals surface area contributed by atoms with Crippen molar-refractivity contribution in [1.29, 1.82) is 0 Å². The van der Waals surface area contributed by atoms with Crippen LogP contribution in [0.4, 0.5) is 0 Å². The molecule has 6 heteroatoms. The summed E-state index contributed by atoms with van der Waals surface area (Å²) < 4.78 is 4.68. The van der Waals surface area contributed by atoms with Crippen LogP contribution in [-0.2, 0) is 19.1 Å². The molecule has 0 spiro atoms. The van der Waals surface area contributed by atoms with Gasteiger partial charge in [0.05, 0.1) is 13.0 Å². The van der Waals surface area contributed by atoms with Crippen LogP contribution in [0, 0.1) is 11.8 Å². The lowest BCUT2D eigenvalue weighted by Gasteiger charge is -2.19. The fourth-order valence-corrected chi connectivity index (χ4v) is 2.10. The van der Waals surface area contributed by atoms with Crippen LogP contribution >= 0.6 is 0 Å². The van der Waals surface area contributed by atoms with Gasteiger partial charge in [-0.1, -0.05) is 45.8 Å². The van der Waals surface area contributed by atoms with E-state index in [1.54, 1.807) is 6.92 Å². The molecule has 154 valence electrons. The SMILES string of the molecule is CC.CC(=O)N(C)[C@@H](C)C(N)=O.CCCCC/C=C\[C@@H]1C[C@@H]1C(=O)OC.[HH]. The maximum Gasteiger partial charge on any atom is 0.309 e. The monoisotopic (exact) mass is 372 g/mol. The van der Waals surface area contributed by atoms with Crippen LogP contribution < -0.4 is 5.73 Å². The molecule has 26 heavy (non-hydrogen) atoms. The van der Waals surface area contributed by atoms with E-state index in [1.165, 1.54) is 45.2 Å². The van der Waals surface area contributed by atoms with Gasteiger partial charge in [0.2, 0.25) is 11.8 Å². The molecule has 0 radical (unpaired) electrons. The lowest BCUT2D eigenvalue weighted by molar-refractivity contribution is -0.142. The molecule has 1 aliphatic rings. The molecule has 1 aliphatic carbocycles. The molecule has 1 fully saturated rings. The molecule has 0 aromatic heterocycles. The fraction of sp³-hybridized carbons (Fsp3) is 0.750. The van der Waals surface area contributed by atoms with Crippen LogP contribution in [0.25, 0.3) is 0 Å². The molecular weight excluding hydrogens is 332 g/mol. The Balaban J connectivity index is -0.000000395. The van der Waals surface area contributed by atoms with Gasteiger partial charge in [-0.05, 0) is 32.1 Å². The van der Waals surface area contributed by atoms with Gasteiger partial charge in [-0.25, -0.2) is 0 Å². The van der Waals surface area contributed by atoms with Crippen molar-refractivity contribution in [2.24, 2.45) is 17.6 Å². The summed E-state index contributed by atoms with van der Waals surface area (Å²) in [5.74, 6) is -0.0799. The van der Waals surface area contributed by atoms with Crippen LogP contribution in [0.2, 0.25) is 0 Å². The Bertz CT molecular complexity index is 437. The molecule has 1 saturated carbocycles. The minimum absolute atomic E-state index is 0. The average molecular weight is 373 g/mol. The topological polar surface area (TPSA) is 89.7 Å². The smallest absolute Gasteiger partial charge is 0.309 e. The minimum atomic E-state index is -0.516. The normalized spacial score (nSPS) is 18.6. The van der Waals surface area contributed by atoms with Gasteiger partial charge in [0.1, 0.15) is 6.04 Å². The maximum atomic E-state index is 11.1. The molecule has 0 heterocycles. The zero-order chi connectivity index (χ0) is 20.7. The number of ether oxygens (including phenoxy) is 1. The Morgan fingerprint density at radius 1 is 1.31 bits per heavy atom. The van der Waals surface area contributed by atoms with Crippen molar-refractivity contribution in [2.45, 2.75) is 72.8 Å². The number of carbonyl (C=O) groups excluding carboxylic acids is 3. The van der Waals surface area contributed by atoms with Crippen LogP contribution in [0.3, 0.4) is 0 Å². The van der Waals surface area contributed by atoms with Gasteiger partial charge in [-0.2, -0.15) is 0 Å². The van der Waals surface area contributed by atoms with Crippen molar-refractivity contribution in [3.8, 4) is 0 Å². The lowest BCUT2D eigenvalue weighted by Crippen LogP contribution is -2.42. The van der Waals surface area contributed by atoms with Gasteiger partial charge in [0.25, 0.3) is 0 Å². The predicted octanol–water partition coefficient (Wildman–Crippen LogP) is 3.54. The maximum absolute atomic E-state index is 11.1. The highest BCUT2D eigenvalue weighted by Gasteiger charge is 2.41. The average Bonchev–Trinajstić information content (AvgIpc) is 3.41. The number of hydrogen-bond donors (Lipinski definition) is 1. The first-order chi connectivity index (χ1) is 12.3. The summed E-state index contributed by atoms with van der Waals surface area (Å²) in [7, 11) is 3.00. The standard InChI is InChI=1S/C12H20O2.C6H12N2O2.C2H6.H2/c1-3-4-5-6-7-8-10-9-11(10)12(13)14-2;1-4(6(7)10)8(3)5(2)9;1-2;/h7-8,10-11H,3-6,9H2,1-2H3;4H,1-3H3,(H2,7,10);1-2H3;1H/b8-7-;;;/t10-,11+;4-;;/m10../s1. The number of hydrogen-bond acceptors (Lipinski definition) is 4. The largest absolute Gasteiger partial charge is 0.469 e. The first kappa shape index (κ1) is 26.4. The number of esters is 1. The predicted molar refractivity (Wildman–Crippen MR) is 107 cm³/mol. The van der Waals surface area contributed by atoms with E-state index in [0.717, 1.165) is 12.8 Å². The zero-order valence-corrected chi connectivity index (χ0v) is 17.6. The second kappa shape index (κ2) is 15.4. The van der Waals surface area contributed by atoms with E-state index in [2.05, 4.69) is 23.8 Å². The quantitative estimate of drug-likeness (QED) is 0.401. The number of allylic oxidation sites excluding steroid dienone is 2. The fourth-order valence-electron chi connectivity index (χ4n) is 2.10. The molecule has 3 atom stereocenters. The molecular formula is C20H40N2O4. The number of carbonyl (C=O) groups is 3. The Hall–Kier alpha value is -1.85. The molecule has 6 nitrogen and oxygen atoms in total. The number of amides is 2. The number of likely N-dealkylation sites (N-methyl/N-ethyl adjacent to an activating group) is 1. The van der Waals surface area contributed by atoms with Crippen molar-refractivity contribution in [3.63, 3.8) is 0 Å². The second-order valence-corrected chi connectivity index (χ2v) is 6.16. The molecule has 0 aromatic carbocycles. The summed E-state index contributed by atoms with van der Waals surface area (Å²) in [6.45, 7) is 9.18. The van der Waals surface area contributed by atoms with E-state index < -0.39 is 11.9 Å². The summed E-state index contributed by atoms with van der Waals surface area (Å²) in [6, 6.07) is -0.516. The highest BCUT2D eigenvalue weighted by Crippen LogP contribution is 2.40. The number of unbranched alkanes of at least 4 members (excludes halogenated alkanes) is 3. The van der Waals surface area contributed by atoms with Gasteiger partial charge >= 0.3 is 5.97 Å². The lowest BCUT2D eigenvalue weighted by atomic mass is 10.2. The van der Waals surface area contributed by atoms with Crippen LogP contribution in [0.5, 0.6) is 0 Å². The van der Waals surface area contributed by atoms with Crippen LogP contribution in [0.15, 0.2) is 12.2 Å². The molecule has 0 aromatic rings. The van der Waals surface area contributed by atoms with Gasteiger partial charge in [0, 0.05) is 15.4 Å². The highest BCUT2D eigenvalue weighted by molar-refractivity contribution is 5.85. The minimum Gasteiger partial charge on any atom is -0.469 e. The van der Waals surface area contributed by atoms with E-state index >= 15 is 0 Å². The number of methoxy groups -OCH3 is 1. The van der Waals surface area contributed by atoms with Crippen molar-refractivity contribution in [1.82, 2.24) is 4.90 Å². The molecule has 0 bridgehead atoms. The first-order valence-electron chi connectivity index (χ1n) is 9.53. The third-order valence-corrected chi connectivity index (χ3v) is 4.19. The number of primary amides is 1. The van der Waals surface area contributed by atoms with Crippen molar-refractivity contribution >= 4 is 17.8 Å². The van der Waals surface area contributed by atoms with E-state index in [9.17, 15) is 14.4 Å². The Morgan fingerprint density at radius 2 is 1.88 bits per heavy atom. The van der Waals surface area contributed by atoms with E-state index in [4.69, 9.17) is 5.73 Å². The number of rotatable bonds is 8. The molecule has 0 saturated heterocycles. The summed E-state index contributed by atoms with van der Waals surface area (Å²) in [5.41, 5.74) is 4.94. The summed E-state index contributed by atoms with van der Waals surface area (Å²) in [5, 5.41) is 0. The highest BCUT2D eigenvalue weighted by atomic mass is 16.5. The summed E-state index contributed by atoms with van der Waals surface area (Å²) >= 11 is 0. The number of nitrogens with zero attached hydrogens (tertiary/aromatic N) is 1. The van der Waals surface area contributed by atoms with Crippen LogP contribution in [0.1, 0.15) is 68.1 Å². The molecule has 0 unspecified atom stereocenters. The van der Waals surface area contributed by atoms with Gasteiger partial charge in [-0.15, -0.1) is 0 Å². The third-order valence-electron chi connectivity index (χ3n) is 4.19. The van der Waals surface area contributed by atoms with Gasteiger partial charge in [-0.3, -0.25) is 14.4 Å². The van der Waals surface area contributed by atoms with E-state index in [0.29, 0.717) is 5.92 Å². The molecule has 1 rings (SSSR count). The summed E-state index contributed by atoms with van der Waals surface area (Å²) in [4.78, 5) is 33.4. The van der Waals surface area contributed by atoms with E-state index in [1.807, 2.05) is 13.8 Å². The Labute approximate surface area is 160 Å². The van der Waals surface area contributed by atoms with Crippen molar-refractivity contribution in [2.75, 3.05) is 14.2 Å². The van der Waals surface area contributed by atoms with Crippen molar-refractivity contribution < 1.29 is 20.5 Å². The molecule has 2 N–H and O–H groups in total. The first-order valence-corrected chi connectivity index (χ1v) is 9.53. The Kier molecular flexibility index (Phi) is 15.6. The van der Waals surface area contributed by atoms with Gasteiger partial charge in [0.15, 0.2) is 0 Å². The van der Waals surface area contributed by atoms with Gasteiger partial charge < -0.3 is 15.4 Å². The van der Waals surface area contributed by atoms with Crippen molar-refractivity contribution in [3.05, 3.63) is 12.2 Å². The number of nitrogens with two attached hydrogens (primary N) is 1. The zero-order valence-electron chi connectivity index (χ0n) is 17.6. The molecule has 2 amide bonds. The summed E-state index contributed by atoms with van der Waals surface area (Å²) in [6.07, 6.45) is 10.4. The van der Waals surface area contributed by atoms with E-state index in [-0.39, 0.29) is 19.2 Å². The van der Waals surface area contributed by atoms with Crippen LogP contribution in [-0.4, -0.2) is 42.9 Å².